The minimum absolute atomic E-state index is 0.203. The second kappa shape index (κ2) is 5.37. The van der Waals surface area contributed by atoms with Gasteiger partial charge in [0.1, 0.15) is 0 Å². The van der Waals surface area contributed by atoms with Gasteiger partial charge in [-0.05, 0) is 31.5 Å². The molecule has 0 bridgehead atoms. The van der Waals surface area contributed by atoms with Crippen molar-refractivity contribution in [3.63, 3.8) is 0 Å². The number of rotatable bonds is 3. The molecule has 5 nitrogen and oxygen atoms in total. The summed E-state index contributed by atoms with van der Waals surface area (Å²) in [6.45, 7) is 3.47. The molecule has 2 atom stereocenters. The van der Waals surface area contributed by atoms with Crippen molar-refractivity contribution in [3.8, 4) is 0 Å². The average molecular weight is 314 g/mol. The average Bonchev–Trinajstić information content (AvgIpc) is 3.19. The molecular formula is C16H18N4OS. The van der Waals surface area contributed by atoms with E-state index in [1.807, 2.05) is 31.2 Å². The summed E-state index contributed by atoms with van der Waals surface area (Å²) < 4.78 is 1.19. The number of hydrogen-bond donors (Lipinski definition) is 2. The minimum Gasteiger partial charge on any atom is -0.391 e. The number of aryl methyl sites for hydroxylation is 1. The first kappa shape index (κ1) is 13.7. The molecule has 2 N–H and O–H groups in total. The molecule has 0 aliphatic carbocycles. The maximum atomic E-state index is 10.4. The molecule has 3 heterocycles. The second-order valence-electron chi connectivity index (χ2n) is 5.94. The van der Waals surface area contributed by atoms with Gasteiger partial charge in [0.05, 0.1) is 22.0 Å². The molecule has 3 aromatic rings. The van der Waals surface area contributed by atoms with Crippen molar-refractivity contribution in [1.82, 2.24) is 15.2 Å². The van der Waals surface area contributed by atoms with Crippen molar-refractivity contribution < 1.29 is 5.11 Å². The summed E-state index contributed by atoms with van der Waals surface area (Å²) in [5.74, 6) is 0.203. The fourth-order valence-corrected chi connectivity index (χ4v) is 4.04. The third-order valence-electron chi connectivity index (χ3n) is 4.19. The highest BCUT2D eigenvalue weighted by atomic mass is 32.1. The topological polar surface area (TPSA) is 65.0 Å². The predicted octanol–water partition coefficient (Wildman–Crippen LogP) is 2.37. The van der Waals surface area contributed by atoms with E-state index in [0.29, 0.717) is 6.54 Å². The van der Waals surface area contributed by atoms with Gasteiger partial charge >= 0.3 is 0 Å². The maximum Gasteiger partial charge on any atom is 0.186 e. The Hall–Kier alpha value is -1.92. The molecule has 1 aliphatic rings. The maximum absolute atomic E-state index is 10.4. The number of aliphatic hydroxyl groups excluding tert-OH is 1. The van der Waals surface area contributed by atoms with Crippen LogP contribution in [0.5, 0.6) is 0 Å². The number of aliphatic hydroxyl groups is 1. The van der Waals surface area contributed by atoms with Gasteiger partial charge in [0, 0.05) is 24.7 Å². The molecule has 1 aliphatic heterocycles. The van der Waals surface area contributed by atoms with Gasteiger partial charge in [0.15, 0.2) is 5.13 Å². The second-order valence-corrected chi connectivity index (χ2v) is 6.95. The van der Waals surface area contributed by atoms with E-state index in [-0.39, 0.29) is 12.0 Å². The van der Waals surface area contributed by atoms with Gasteiger partial charge in [0.25, 0.3) is 0 Å². The molecule has 114 valence electrons. The number of β-amino-alcohol motifs (C(OH)–C–C–N with tert-alkyl or cyclic N) is 1. The van der Waals surface area contributed by atoms with Crippen molar-refractivity contribution in [3.05, 3.63) is 41.7 Å². The molecular weight excluding hydrogens is 296 g/mol. The van der Waals surface area contributed by atoms with Crippen LogP contribution in [0.15, 0.2) is 30.3 Å². The molecule has 0 radical (unpaired) electrons. The Bertz CT molecular complexity index is 763. The summed E-state index contributed by atoms with van der Waals surface area (Å²) in [7, 11) is 0. The minimum atomic E-state index is -0.330. The highest BCUT2D eigenvalue weighted by Gasteiger charge is 2.33. The lowest BCUT2D eigenvalue weighted by Crippen LogP contribution is -2.20. The van der Waals surface area contributed by atoms with Crippen LogP contribution in [-0.4, -0.2) is 39.5 Å². The highest BCUT2D eigenvalue weighted by molar-refractivity contribution is 7.22. The fourth-order valence-electron chi connectivity index (χ4n) is 3.05. The molecule has 0 amide bonds. The van der Waals surface area contributed by atoms with E-state index in [4.69, 9.17) is 0 Å². The number of aromatic amines is 1. The first-order valence-corrected chi connectivity index (χ1v) is 8.30. The van der Waals surface area contributed by atoms with Gasteiger partial charge < -0.3 is 10.0 Å². The monoisotopic (exact) mass is 314 g/mol. The first-order chi connectivity index (χ1) is 10.7. The van der Waals surface area contributed by atoms with E-state index in [0.717, 1.165) is 35.0 Å². The van der Waals surface area contributed by atoms with Crippen molar-refractivity contribution >= 4 is 26.7 Å². The van der Waals surface area contributed by atoms with Crippen LogP contribution in [0.4, 0.5) is 5.13 Å². The van der Waals surface area contributed by atoms with Crippen molar-refractivity contribution in [2.45, 2.75) is 19.4 Å². The molecule has 6 heteroatoms. The lowest BCUT2D eigenvalue weighted by Gasteiger charge is -2.13. The van der Waals surface area contributed by atoms with Crippen LogP contribution >= 0.6 is 11.3 Å². The number of para-hydroxylation sites is 1. The Labute approximate surface area is 132 Å². The standard InChI is InChI=1S/C16H18N4OS/c1-10-6-12(19-18-10)7-11-8-20(9-14(11)21)16-17-13-4-2-3-5-15(13)22-16/h2-6,11,14,21H,7-9H2,1H3,(H,18,19)/t11-,14-/m1/s1. The molecule has 0 saturated carbocycles. The third-order valence-corrected chi connectivity index (χ3v) is 5.29. The smallest absolute Gasteiger partial charge is 0.186 e. The number of nitrogens with zero attached hydrogens (tertiary/aromatic N) is 3. The Balaban J connectivity index is 1.52. The van der Waals surface area contributed by atoms with E-state index in [2.05, 4.69) is 26.1 Å². The summed E-state index contributed by atoms with van der Waals surface area (Å²) in [5, 5.41) is 18.6. The summed E-state index contributed by atoms with van der Waals surface area (Å²) in [6.07, 6.45) is 0.469. The summed E-state index contributed by atoms with van der Waals surface area (Å²) in [4.78, 5) is 6.88. The lowest BCUT2D eigenvalue weighted by atomic mass is 10.0. The summed E-state index contributed by atoms with van der Waals surface area (Å²) in [5.41, 5.74) is 3.11. The highest BCUT2D eigenvalue weighted by Crippen LogP contribution is 2.32. The molecule has 1 aromatic carbocycles. The van der Waals surface area contributed by atoms with Crippen LogP contribution in [0.25, 0.3) is 10.2 Å². The number of nitrogens with one attached hydrogen (secondary N) is 1. The summed E-state index contributed by atoms with van der Waals surface area (Å²) in [6, 6.07) is 10.2. The zero-order valence-electron chi connectivity index (χ0n) is 12.4. The Morgan fingerprint density at radius 1 is 1.36 bits per heavy atom. The Morgan fingerprint density at radius 2 is 2.23 bits per heavy atom. The molecule has 1 saturated heterocycles. The zero-order chi connectivity index (χ0) is 15.1. The van der Waals surface area contributed by atoms with Crippen LogP contribution in [0.1, 0.15) is 11.4 Å². The van der Waals surface area contributed by atoms with Gasteiger partial charge in [0.2, 0.25) is 0 Å². The number of thiazole rings is 1. The first-order valence-electron chi connectivity index (χ1n) is 7.48. The number of anilines is 1. The van der Waals surface area contributed by atoms with Crippen LogP contribution in [0, 0.1) is 12.8 Å². The van der Waals surface area contributed by atoms with Gasteiger partial charge in [-0.2, -0.15) is 5.10 Å². The van der Waals surface area contributed by atoms with Crippen LogP contribution in [0.2, 0.25) is 0 Å². The number of hydrogen-bond acceptors (Lipinski definition) is 5. The van der Waals surface area contributed by atoms with Gasteiger partial charge in [-0.25, -0.2) is 4.98 Å². The van der Waals surface area contributed by atoms with E-state index in [1.165, 1.54) is 4.70 Å². The molecule has 2 aromatic heterocycles. The van der Waals surface area contributed by atoms with E-state index in [9.17, 15) is 5.11 Å². The lowest BCUT2D eigenvalue weighted by molar-refractivity contribution is 0.148. The molecule has 0 spiro atoms. The SMILES string of the molecule is Cc1cc(C[C@@H]2CN(c3nc4ccccc4s3)C[C@H]2O)n[nH]1. The van der Waals surface area contributed by atoms with Crippen molar-refractivity contribution in [2.75, 3.05) is 18.0 Å². The normalized spacial score (nSPS) is 21.8. The molecule has 4 rings (SSSR count). The third kappa shape index (κ3) is 2.48. The predicted molar refractivity (Wildman–Crippen MR) is 88.4 cm³/mol. The number of benzene rings is 1. The molecule has 0 unspecified atom stereocenters. The van der Waals surface area contributed by atoms with E-state index in [1.54, 1.807) is 11.3 Å². The van der Waals surface area contributed by atoms with Gasteiger partial charge in [-0.15, -0.1) is 0 Å². The fraction of sp³-hybridized carbons (Fsp3) is 0.375. The molecule has 22 heavy (non-hydrogen) atoms. The summed E-state index contributed by atoms with van der Waals surface area (Å²) >= 11 is 1.69. The van der Waals surface area contributed by atoms with Crippen molar-refractivity contribution in [2.24, 2.45) is 5.92 Å². The number of H-pyrrole nitrogens is 1. The van der Waals surface area contributed by atoms with E-state index >= 15 is 0 Å². The van der Waals surface area contributed by atoms with Crippen molar-refractivity contribution in [1.29, 1.82) is 0 Å². The number of fused-ring (bicyclic) bond motifs is 1. The van der Waals surface area contributed by atoms with E-state index < -0.39 is 0 Å². The van der Waals surface area contributed by atoms with Crippen LogP contribution in [-0.2, 0) is 6.42 Å². The van der Waals surface area contributed by atoms with Crippen LogP contribution in [0.3, 0.4) is 0 Å². The van der Waals surface area contributed by atoms with Gasteiger partial charge in [-0.1, -0.05) is 23.5 Å². The zero-order valence-corrected chi connectivity index (χ0v) is 13.2. The Kier molecular flexibility index (Phi) is 3.35. The van der Waals surface area contributed by atoms with Crippen LogP contribution < -0.4 is 4.90 Å². The number of aromatic nitrogens is 3. The molecule has 1 fully saturated rings. The van der Waals surface area contributed by atoms with Gasteiger partial charge in [-0.3, -0.25) is 5.10 Å². The largest absolute Gasteiger partial charge is 0.391 e. The quantitative estimate of drug-likeness (QED) is 0.779. The Morgan fingerprint density at radius 3 is 3.00 bits per heavy atom.